The van der Waals surface area contributed by atoms with Gasteiger partial charge in [-0.2, -0.15) is 0 Å². The molecule has 0 N–H and O–H groups in total. The van der Waals surface area contributed by atoms with Crippen molar-refractivity contribution in [3.05, 3.63) is 27.7 Å². The molecular formula is C23H27FN4O5S. The molecule has 1 unspecified atom stereocenters. The summed E-state index contributed by atoms with van der Waals surface area (Å²) in [5, 5.41) is 0.0983. The molecule has 4 rings (SSSR count). The van der Waals surface area contributed by atoms with Gasteiger partial charge < -0.3 is 19.1 Å². The van der Waals surface area contributed by atoms with Gasteiger partial charge in [0.15, 0.2) is 0 Å². The number of amides is 2. The molecular weight excluding hydrogens is 463 g/mol. The number of fused-ring (bicyclic) bond motifs is 3. The molecule has 1 fully saturated rings. The van der Waals surface area contributed by atoms with Crippen molar-refractivity contribution < 1.29 is 23.5 Å². The van der Waals surface area contributed by atoms with Crippen molar-refractivity contribution in [1.29, 1.82) is 0 Å². The molecule has 1 aromatic heterocycles. The van der Waals surface area contributed by atoms with E-state index < -0.39 is 29.0 Å². The van der Waals surface area contributed by atoms with Gasteiger partial charge in [-0.15, -0.1) is 0 Å². The number of likely N-dealkylation sites (N-methyl/N-ethyl adjacent to an activating group) is 1. The van der Waals surface area contributed by atoms with Crippen molar-refractivity contribution in [3.63, 3.8) is 0 Å². The lowest BCUT2D eigenvalue weighted by molar-refractivity contribution is -0.124. The van der Waals surface area contributed by atoms with E-state index in [9.17, 15) is 19.2 Å². The average molecular weight is 491 g/mol. The number of carbonyl (C=O) groups is 3. The van der Waals surface area contributed by atoms with Gasteiger partial charge in [0, 0.05) is 40.0 Å². The number of thioether (sulfide) groups is 1. The van der Waals surface area contributed by atoms with E-state index in [-0.39, 0.29) is 39.8 Å². The second-order valence-corrected chi connectivity index (χ2v) is 9.74. The van der Waals surface area contributed by atoms with Gasteiger partial charge in [-0.05, 0) is 27.0 Å². The maximum atomic E-state index is 15.8. The summed E-state index contributed by atoms with van der Waals surface area (Å²) in [7, 11) is 1.96. The summed E-state index contributed by atoms with van der Waals surface area (Å²) in [5.74, 6) is -2.69. The first kappa shape index (κ1) is 24.2. The number of imide groups is 1. The summed E-state index contributed by atoms with van der Waals surface area (Å²) < 4.78 is 22.6. The Kier molecular flexibility index (Phi) is 6.43. The van der Waals surface area contributed by atoms with Gasteiger partial charge in [0.1, 0.15) is 17.1 Å². The average Bonchev–Trinajstić information content (AvgIpc) is 2.75. The number of hydrogen-bond donors (Lipinski definition) is 0. The second kappa shape index (κ2) is 9.03. The highest BCUT2D eigenvalue weighted by Crippen LogP contribution is 2.50. The van der Waals surface area contributed by atoms with Crippen LogP contribution >= 0.6 is 11.8 Å². The predicted molar refractivity (Wildman–Crippen MR) is 128 cm³/mol. The van der Waals surface area contributed by atoms with Gasteiger partial charge in [0.2, 0.25) is 17.2 Å². The van der Waals surface area contributed by atoms with Crippen LogP contribution in [0.25, 0.3) is 10.9 Å². The molecule has 34 heavy (non-hydrogen) atoms. The van der Waals surface area contributed by atoms with Crippen molar-refractivity contribution in [2.24, 2.45) is 0 Å². The predicted octanol–water partition coefficient (Wildman–Crippen LogP) is 2.59. The van der Waals surface area contributed by atoms with Crippen LogP contribution in [0.1, 0.15) is 43.4 Å². The van der Waals surface area contributed by atoms with E-state index in [1.807, 2.05) is 14.0 Å². The zero-order valence-electron chi connectivity index (χ0n) is 19.8. The zero-order chi connectivity index (χ0) is 24.9. The number of pyridine rings is 1. The fourth-order valence-electron chi connectivity index (χ4n) is 4.58. The maximum absolute atomic E-state index is 15.8. The van der Waals surface area contributed by atoms with Crippen LogP contribution < -0.4 is 15.2 Å². The van der Waals surface area contributed by atoms with Gasteiger partial charge >= 0.3 is 5.97 Å². The molecule has 2 amide bonds. The fourth-order valence-corrected chi connectivity index (χ4v) is 5.71. The van der Waals surface area contributed by atoms with E-state index in [2.05, 4.69) is 4.90 Å². The van der Waals surface area contributed by atoms with Crippen LogP contribution in [0, 0.1) is 5.82 Å². The number of carbonyl (C=O) groups excluding carboxylic acids is 3. The van der Waals surface area contributed by atoms with E-state index in [0.717, 1.165) is 11.0 Å². The Labute approximate surface area is 200 Å². The molecule has 1 aromatic carbocycles. The van der Waals surface area contributed by atoms with E-state index in [0.29, 0.717) is 31.2 Å². The molecule has 0 radical (unpaired) electrons. The molecule has 2 aromatic rings. The third kappa shape index (κ3) is 3.76. The largest absolute Gasteiger partial charge is 0.462 e. The van der Waals surface area contributed by atoms with Gasteiger partial charge in [0.25, 0.3) is 0 Å². The molecule has 1 atom stereocenters. The molecule has 3 heterocycles. The Morgan fingerprint density at radius 2 is 1.79 bits per heavy atom. The number of hydrogen-bond acceptors (Lipinski definition) is 8. The first-order chi connectivity index (χ1) is 16.1. The lowest BCUT2D eigenvalue weighted by Crippen LogP contribution is -2.46. The molecule has 1 saturated heterocycles. The number of halogens is 1. The normalized spacial score (nSPS) is 17.8. The molecule has 182 valence electrons. The highest BCUT2D eigenvalue weighted by molar-refractivity contribution is 8.00. The molecule has 11 heteroatoms. The Balaban J connectivity index is 2.13. The molecule has 0 aliphatic carbocycles. The van der Waals surface area contributed by atoms with Crippen LogP contribution in [0.15, 0.2) is 15.9 Å². The van der Waals surface area contributed by atoms with Gasteiger partial charge in [-0.25, -0.2) is 14.1 Å². The lowest BCUT2D eigenvalue weighted by atomic mass is 10.0. The zero-order valence-corrected chi connectivity index (χ0v) is 20.6. The number of esters is 1. The van der Waals surface area contributed by atoms with Crippen LogP contribution in [0.3, 0.4) is 0 Å². The van der Waals surface area contributed by atoms with E-state index in [4.69, 9.17) is 4.74 Å². The number of piperazine rings is 1. The summed E-state index contributed by atoms with van der Waals surface area (Å²) in [4.78, 5) is 56.2. The van der Waals surface area contributed by atoms with E-state index >= 15 is 4.39 Å². The third-order valence-electron chi connectivity index (χ3n) is 6.14. The number of nitrogens with zero attached hydrogens (tertiary/aromatic N) is 4. The number of rotatable bonds is 4. The Morgan fingerprint density at radius 3 is 2.32 bits per heavy atom. The van der Waals surface area contributed by atoms with E-state index in [1.54, 1.807) is 16.4 Å². The monoisotopic (exact) mass is 490 g/mol. The number of ether oxygens (including phenoxy) is 1. The number of aromatic nitrogens is 1. The van der Waals surface area contributed by atoms with Gasteiger partial charge in [-0.1, -0.05) is 11.8 Å². The second-order valence-electron chi connectivity index (χ2n) is 8.43. The minimum atomic E-state index is -0.780. The number of anilines is 2. The topological polar surface area (TPSA) is 92.2 Å². The minimum absolute atomic E-state index is 0.0421. The first-order valence-electron chi connectivity index (χ1n) is 11.1. The maximum Gasteiger partial charge on any atom is 0.344 e. The first-order valence-corrected chi connectivity index (χ1v) is 12.0. The molecule has 9 nitrogen and oxygen atoms in total. The van der Waals surface area contributed by atoms with Crippen molar-refractivity contribution in [2.75, 3.05) is 49.6 Å². The highest BCUT2D eigenvalue weighted by Gasteiger charge is 2.38. The summed E-state index contributed by atoms with van der Waals surface area (Å²) in [6.07, 6.45) is 0. The van der Waals surface area contributed by atoms with Gasteiger partial charge in [0.05, 0.1) is 33.6 Å². The molecule has 2 aliphatic heterocycles. The van der Waals surface area contributed by atoms with Crippen LogP contribution in [-0.4, -0.2) is 67.1 Å². The molecule has 2 aliphatic rings. The lowest BCUT2D eigenvalue weighted by Gasteiger charge is -2.39. The minimum Gasteiger partial charge on any atom is -0.462 e. The van der Waals surface area contributed by atoms with Crippen molar-refractivity contribution >= 4 is 51.8 Å². The Hall–Kier alpha value is -2.92. The summed E-state index contributed by atoms with van der Waals surface area (Å²) >= 11 is 1.31. The quantitative estimate of drug-likeness (QED) is 0.604. The van der Waals surface area contributed by atoms with E-state index in [1.165, 1.54) is 25.6 Å². The summed E-state index contributed by atoms with van der Waals surface area (Å²) in [6, 6.07) is 1.11. The van der Waals surface area contributed by atoms with Crippen LogP contribution in [0.4, 0.5) is 15.8 Å². The Bertz CT molecular complexity index is 1250. The van der Waals surface area contributed by atoms with Crippen LogP contribution in [0.2, 0.25) is 0 Å². The van der Waals surface area contributed by atoms with Crippen molar-refractivity contribution in [2.45, 2.75) is 38.1 Å². The van der Waals surface area contributed by atoms with Crippen LogP contribution in [0.5, 0.6) is 0 Å². The van der Waals surface area contributed by atoms with Crippen molar-refractivity contribution in [3.8, 4) is 0 Å². The fraction of sp³-hybridized carbons (Fsp3) is 0.478. The third-order valence-corrected chi connectivity index (χ3v) is 7.32. The smallest absolute Gasteiger partial charge is 0.344 e. The Morgan fingerprint density at radius 1 is 1.18 bits per heavy atom. The highest BCUT2D eigenvalue weighted by atomic mass is 32.2. The summed E-state index contributed by atoms with van der Waals surface area (Å²) in [6.45, 7) is 8.35. The molecule has 0 bridgehead atoms. The van der Waals surface area contributed by atoms with Crippen molar-refractivity contribution in [1.82, 2.24) is 9.47 Å². The summed E-state index contributed by atoms with van der Waals surface area (Å²) in [5.41, 5.74) is -0.433. The molecule has 0 spiro atoms. The SMILES string of the molecule is CCOC(=O)c1c2n(c3c(N(C(C)=O)C(C)=O)c(N4CCN(C)CC4)c(F)cc3c1=O)C(C)S2. The van der Waals surface area contributed by atoms with Gasteiger partial charge in [-0.3, -0.25) is 14.4 Å². The number of benzene rings is 1. The van der Waals surface area contributed by atoms with Crippen LogP contribution in [-0.2, 0) is 14.3 Å². The molecule has 0 saturated carbocycles. The standard InChI is InChI=1S/C23H27FN4O5S/c1-6-33-23(32)17-21(31)15-11-16(24)19(26-9-7-25(5)8-10-26)20(27(12(2)29)13(3)30)18(15)28-14(4)34-22(17)28/h11,14H,6-10H2,1-5H3.